The summed E-state index contributed by atoms with van der Waals surface area (Å²) in [6.45, 7) is 0. The monoisotopic (exact) mass is 305 g/mol. The van der Waals surface area contributed by atoms with Crippen molar-refractivity contribution in [3.05, 3.63) is 48.5 Å². The second-order valence-corrected chi connectivity index (χ2v) is 6.30. The quantitative estimate of drug-likeness (QED) is 0.475. The third kappa shape index (κ3) is 5.84. The van der Waals surface area contributed by atoms with Crippen molar-refractivity contribution in [2.45, 2.75) is 49.5 Å². The molecule has 114 valence electrons. The molecular formula is C17H23NO2S. The number of hydrogen-bond acceptors (Lipinski definition) is 4. The van der Waals surface area contributed by atoms with Crippen LogP contribution < -0.4 is 0 Å². The van der Waals surface area contributed by atoms with Gasteiger partial charge >= 0.3 is 0 Å². The van der Waals surface area contributed by atoms with E-state index in [1.165, 1.54) is 0 Å². The molecule has 1 aromatic rings. The highest BCUT2D eigenvalue weighted by Crippen LogP contribution is 2.25. The highest BCUT2D eigenvalue weighted by Gasteiger charge is 2.17. The average molecular weight is 305 g/mol. The largest absolute Gasteiger partial charge is 0.468 e. The van der Waals surface area contributed by atoms with E-state index >= 15 is 0 Å². The van der Waals surface area contributed by atoms with Crippen LogP contribution in [-0.2, 0) is 5.75 Å². The van der Waals surface area contributed by atoms with Crippen molar-refractivity contribution in [1.82, 2.24) is 0 Å². The molecule has 1 unspecified atom stereocenters. The molecule has 0 fully saturated rings. The van der Waals surface area contributed by atoms with Crippen molar-refractivity contribution in [3.63, 3.8) is 0 Å². The number of hydrogen-bond donors (Lipinski definition) is 1. The first-order chi connectivity index (χ1) is 10.4. The van der Waals surface area contributed by atoms with E-state index < -0.39 is 0 Å². The summed E-state index contributed by atoms with van der Waals surface area (Å²) in [6.07, 6.45) is 16.6. The van der Waals surface area contributed by atoms with Gasteiger partial charge in [0.25, 0.3) is 0 Å². The van der Waals surface area contributed by atoms with E-state index in [1.807, 2.05) is 12.1 Å². The molecule has 1 atom stereocenters. The van der Waals surface area contributed by atoms with E-state index in [1.54, 1.807) is 18.0 Å². The van der Waals surface area contributed by atoms with E-state index in [2.05, 4.69) is 29.5 Å². The standard InChI is InChI=1S/C17H23NO2S/c19-18-16-11-7-5-3-1-2-4-6-8-12-17(16)21-14-15-10-9-13-20-15/h3-6,9-10,13,17,19H,1-2,7-8,11-12,14H2. The maximum Gasteiger partial charge on any atom is 0.113 e. The molecule has 0 aromatic carbocycles. The average Bonchev–Trinajstić information content (AvgIpc) is 3.00. The van der Waals surface area contributed by atoms with Gasteiger partial charge in [0.05, 0.1) is 17.7 Å². The predicted molar refractivity (Wildman–Crippen MR) is 89.0 cm³/mol. The van der Waals surface area contributed by atoms with E-state index in [0.29, 0.717) is 0 Å². The van der Waals surface area contributed by atoms with Crippen LogP contribution in [0, 0.1) is 0 Å². The summed E-state index contributed by atoms with van der Waals surface area (Å²) < 4.78 is 5.38. The predicted octanol–water partition coefficient (Wildman–Crippen LogP) is 5.18. The van der Waals surface area contributed by atoms with Crippen molar-refractivity contribution in [1.29, 1.82) is 0 Å². The van der Waals surface area contributed by atoms with E-state index in [4.69, 9.17) is 4.42 Å². The van der Waals surface area contributed by atoms with Gasteiger partial charge in [0, 0.05) is 5.25 Å². The minimum atomic E-state index is 0.248. The second kappa shape index (κ2) is 9.50. The summed E-state index contributed by atoms with van der Waals surface area (Å²) in [5, 5.41) is 13.1. The van der Waals surface area contributed by atoms with Crippen molar-refractivity contribution in [3.8, 4) is 0 Å². The van der Waals surface area contributed by atoms with Crippen LogP contribution in [0.2, 0.25) is 0 Å². The fourth-order valence-electron chi connectivity index (χ4n) is 2.34. The first-order valence-electron chi connectivity index (χ1n) is 7.55. The van der Waals surface area contributed by atoms with Crippen LogP contribution in [0.15, 0.2) is 52.3 Å². The van der Waals surface area contributed by atoms with Gasteiger partial charge in [-0.05, 0) is 50.7 Å². The van der Waals surface area contributed by atoms with Crippen LogP contribution in [0.3, 0.4) is 0 Å². The van der Waals surface area contributed by atoms with Gasteiger partial charge in [-0.3, -0.25) is 0 Å². The molecule has 0 radical (unpaired) electrons. The van der Waals surface area contributed by atoms with Gasteiger partial charge in [-0.1, -0.05) is 29.5 Å². The Labute approximate surface area is 130 Å². The van der Waals surface area contributed by atoms with Crippen LogP contribution in [-0.4, -0.2) is 16.2 Å². The lowest BCUT2D eigenvalue weighted by molar-refractivity contribution is 0.316. The summed E-state index contributed by atoms with van der Waals surface area (Å²) in [5.74, 6) is 1.79. The van der Waals surface area contributed by atoms with Gasteiger partial charge in [-0.15, -0.1) is 11.8 Å². The molecule has 21 heavy (non-hydrogen) atoms. The maximum atomic E-state index is 9.33. The smallest absolute Gasteiger partial charge is 0.113 e. The van der Waals surface area contributed by atoms with Crippen LogP contribution in [0.1, 0.15) is 44.3 Å². The van der Waals surface area contributed by atoms with Crippen LogP contribution in [0.5, 0.6) is 0 Å². The Morgan fingerprint density at radius 3 is 2.62 bits per heavy atom. The van der Waals surface area contributed by atoms with Gasteiger partial charge in [0.15, 0.2) is 0 Å². The molecule has 1 heterocycles. The van der Waals surface area contributed by atoms with Crippen LogP contribution in [0.4, 0.5) is 0 Å². The molecule has 1 aromatic heterocycles. The summed E-state index contributed by atoms with van der Waals surface area (Å²) >= 11 is 1.80. The molecule has 0 amide bonds. The first-order valence-corrected chi connectivity index (χ1v) is 8.60. The van der Waals surface area contributed by atoms with Gasteiger partial charge in [-0.25, -0.2) is 0 Å². The second-order valence-electron chi connectivity index (χ2n) is 5.11. The zero-order chi connectivity index (χ0) is 14.8. The van der Waals surface area contributed by atoms with Crippen LogP contribution >= 0.6 is 11.8 Å². The molecule has 0 bridgehead atoms. The van der Waals surface area contributed by atoms with Gasteiger partial charge < -0.3 is 9.62 Å². The van der Waals surface area contributed by atoms with E-state index in [9.17, 15) is 5.21 Å². The zero-order valence-corrected chi connectivity index (χ0v) is 13.1. The van der Waals surface area contributed by atoms with Crippen molar-refractivity contribution < 1.29 is 9.62 Å². The lowest BCUT2D eigenvalue weighted by atomic mass is 10.1. The van der Waals surface area contributed by atoms with Crippen LogP contribution in [0.25, 0.3) is 0 Å². The number of oxime groups is 1. The Bertz CT molecular complexity index is 477. The lowest BCUT2D eigenvalue weighted by Gasteiger charge is -2.16. The van der Waals surface area contributed by atoms with Crippen molar-refractivity contribution >= 4 is 17.5 Å². The maximum absolute atomic E-state index is 9.33. The highest BCUT2D eigenvalue weighted by molar-refractivity contribution is 7.99. The number of allylic oxidation sites excluding steroid dienone is 4. The SMILES string of the molecule is ON=C1CCC=CCCC=CCCC1SCc1ccco1. The summed E-state index contributed by atoms with van der Waals surface area (Å²) in [5.41, 5.74) is 0.894. The number of furan rings is 1. The fourth-order valence-corrected chi connectivity index (χ4v) is 3.53. The van der Waals surface area contributed by atoms with E-state index in [-0.39, 0.29) is 5.25 Å². The molecule has 0 saturated carbocycles. The van der Waals surface area contributed by atoms with Crippen molar-refractivity contribution in [2.75, 3.05) is 0 Å². The van der Waals surface area contributed by atoms with E-state index in [0.717, 1.165) is 55.7 Å². The highest BCUT2D eigenvalue weighted by atomic mass is 32.2. The Hall–Kier alpha value is -1.42. The molecule has 1 N–H and O–H groups in total. The Kier molecular flexibility index (Phi) is 7.22. The summed E-state index contributed by atoms with van der Waals surface area (Å²) in [7, 11) is 0. The molecule has 1 aliphatic rings. The summed E-state index contributed by atoms with van der Waals surface area (Å²) in [4.78, 5) is 0. The van der Waals surface area contributed by atoms with Crippen molar-refractivity contribution in [2.24, 2.45) is 5.16 Å². The fraction of sp³-hybridized carbons (Fsp3) is 0.471. The normalized spacial score (nSPS) is 22.9. The molecule has 3 nitrogen and oxygen atoms in total. The molecule has 4 heteroatoms. The molecule has 1 aliphatic carbocycles. The molecular weight excluding hydrogens is 282 g/mol. The lowest BCUT2D eigenvalue weighted by Crippen LogP contribution is -2.17. The molecule has 2 rings (SSSR count). The number of thioether (sulfide) groups is 1. The van der Waals surface area contributed by atoms with Gasteiger partial charge in [0.2, 0.25) is 0 Å². The molecule has 0 saturated heterocycles. The minimum absolute atomic E-state index is 0.248. The Morgan fingerprint density at radius 1 is 1.14 bits per heavy atom. The van der Waals surface area contributed by atoms with Gasteiger partial charge in [-0.2, -0.15) is 0 Å². The third-order valence-electron chi connectivity index (χ3n) is 3.50. The Morgan fingerprint density at radius 2 is 1.90 bits per heavy atom. The third-order valence-corrected chi connectivity index (χ3v) is 4.86. The minimum Gasteiger partial charge on any atom is -0.468 e. The first kappa shape index (κ1) is 16.0. The van der Waals surface area contributed by atoms with Gasteiger partial charge in [0.1, 0.15) is 5.76 Å². The number of rotatable bonds is 3. The Balaban J connectivity index is 1.97. The molecule has 0 aliphatic heterocycles. The number of nitrogens with zero attached hydrogens (tertiary/aromatic N) is 1. The summed E-state index contributed by atoms with van der Waals surface area (Å²) in [6, 6.07) is 3.90. The molecule has 0 spiro atoms. The zero-order valence-electron chi connectivity index (χ0n) is 12.3. The topological polar surface area (TPSA) is 45.7 Å².